The predicted molar refractivity (Wildman–Crippen MR) is 101 cm³/mol. The maximum Gasteiger partial charge on any atom is 0.491 e. The largest absolute Gasteiger partial charge is 0.491 e. The first-order chi connectivity index (χ1) is 12.7. The van der Waals surface area contributed by atoms with E-state index in [1.807, 2.05) is 18.2 Å². The van der Waals surface area contributed by atoms with Crippen molar-refractivity contribution >= 4 is 24.1 Å². The van der Waals surface area contributed by atoms with E-state index in [1.54, 1.807) is 12.1 Å². The molecule has 0 bridgehead atoms. The van der Waals surface area contributed by atoms with Gasteiger partial charge in [-0.25, -0.2) is 0 Å². The number of anilines is 2. The average Bonchev–Trinajstić information content (AvgIpc) is 3.02. The lowest BCUT2D eigenvalue weighted by Crippen LogP contribution is -2.27. The Labute approximate surface area is 153 Å². The molecular weight excluding hydrogens is 329 g/mol. The van der Waals surface area contributed by atoms with Crippen LogP contribution in [-0.4, -0.2) is 23.7 Å². The number of hydrogen-bond acceptors (Lipinski definition) is 6. The third-order valence-corrected chi connectivity index (χ3v) is 4.30. The zero-order valence-electron chi connectivity index (χ0n) is 14.9. The minimum absolute atomic E-state index is 0.355. The van der Waals surface area contributed by atoms with E-state index in [2.05, 4.69) is 23.3 Å². The Morgan fingerprint density at radius 1 is 1.31 bits per heavy atom. The zero-order valence-corrected chi connectivity index (χ0v) is 14.9. The molecule has 0 saturated carbocycles. The number of fused-ring (bicyclic) bond motifs is 1. The molecule has 26 heavy (non-hydrogen) atoms. The summed E-state index contributed by atoms with van der Waals surface area (Å²) >= 11 is 0. The SMILES string of the molecule is CCCCCCOc1nc(Nc2ccc3c(c2)COB3O)ccc1C#N. The highest BCUT2D eigenvalue weighted by Gasteiger charge is 2.27. The van der Waals surface area contributed by atoms with Gasteiger partial charge < -0.3 is 19.7 Å². The molecule has 6 nitrogen and oxygen atoms in total. The van der Waals surface area contributed by atoms with Gasteiger partial charge in [0.25, 0.3) is 0 Å². The molecule has 0 spiro atoms. The summed E-state index contributed by atoms with van der Waals surface area (Å²) in [5.41, 5.74) is 3.01. The summed E-state index contributed by atoms with van der Waals surface area (Å²) < 4.78 is 10.9. The molecule has 1 aromatic carbocycles. The van der Waals surface area contributed by atoms with Gasteiger partial charge in [0.15, 0.2) is 0 Å². The molecule has 0 saturated heterocycles. The van der Waals surface area contributed by atoms with E-state index >= 15 is 0 Å². The van der Waals surface area contributed by atoms with Gasteiger partial charge in [-0.05, 0) is 41.7 Å². The van der Waals surface area contributed by atoms with Crippen molar-refractivity contribution in [3.63, 3.8) is 0 Å². The third kappa shape index (κ3) is 4.34. The number of rotatable bonds is 8. The second kappa shape index (κ2) is 8.70. The van der Waals surface area contributed by atoms with Gasteiger partial charge in [-0.1, -0.05) is 32.3 Å². The Bertz CT molecular complexity index is 807. The summed E-state index contributed by atoms with van der Waals surface area (Å²) in [6.07, 6.45) is 4.41. The van der Waals surface area contributed by atoms with Gasteiger partial charge in [0.05, 0.1) is 13.2 Å². The van der Waals surface area contributed by atoms with Crippen molar-refractivity contribution in [1.82, 2.24) is 4.98 Å². The molecular formula is C19H22BN3O3. The molecule has 1 aliphatic rings. The fourth-order valence-corrected chi connectivity index (χ4v) is 2.86. The highest BCUT2D eigenvalue weighted by Crippen LogP contribution is 2.23. The Balaban J connectivity index is 1.68. The molecule has 1 aromatic heterocycles. The van der Waals surface area contributed by atoms with Crippen LogP contribution in [-0.2, 0) is 11.3 Å². The van der Waals surface area contributed by atoms with Crippen molar-refractivity contribution in [2.24, 2.45) is 0 Å². The number of nitrogens with zero attached hydrogens (tertiary/aromatic N) is 2. The number of aromatic nitrogens is 1. The highest BCUT2D eigenvalue weighted by atomic mass is 16.5. The molecule has 0 aliphatic carbocycles. The molecule has 3 rings (SSSR count). The van der Waals surface area contributed by atoms with Crippen molar-refractivity contribution in [3.05, 3.63) is 41.5 Å². The van der Waals surface area contributed by atoms with Crippen molar-refractivity contribution in [1.29, 1.82) is 5.26 Å². The van der Waals surface area contributed by atoms with Crippen LogP contribution in [0.1, 0.15) is 43.7 Å². The first-order valence-electron chi connectivity index (χ1n) is 8.94. The van der Waals surface area contributed by atoms with Gasteiger partial charge in [-0.3, -0.25) is 0 Å². The number of pyridine rings is 1. The molecule has 0 unspecified atom stereocenters. The Morgan fingerprint density at radius 2 is 2.19 bits per heavy atom. The zero-order chi connectivity index (χ0) is 18.4. The van der Waals surface area contributed by atoms with Crippen LogP contribution < -0.4 is 15.5 Å². The molecule has 2 aromatic rings. The quantitative estimate of drug-likeness (QED) is 0.562. The van der Waals surface area contributed by atoms with Crippen LogP contribution >= 0.6 is 0 Å². The molecule has 0 amide bonds. The Morgan fingerprint density at radius 3 is 3.00 bits per heavy atom. The summed E-state index contributed by atoms with van der Waals surface area (Å²) in [5, 5.41) is 22.1. The van der Waals surface area contributed by atoms with Crippen molar-refractivity contribution in [2.45, 2.75) is 39.2 Å². The minimum Gasteiger partial charge on any atom is -0.477 e. The monoisotopic (exact) mass is 351 g/mol. The van der Waals surface area contributed by atoms with Gasteiger partial charge in [0.1, 0.15) is 17.5 Å². The lowest BCUT2D eigenvalue weighted by molar-refractivity contribution is 0.275. The van der Waals surface area contributed by atoms with E-state index in [0.29, 0.717) is 30.5 Å². The molecule has 7 heteroatoms. The number of ether oxygens (including phenoxy) is 1. The van der Waals surface area contributed by atoms with E-state index in [4.69, 9.17) is 9.39 Å². The van der Waals surface area contributed by atoms with E-state index in [-0.39, 0.29) is 0 Å². The van der Waals surface area contributed by atoms with E-state index in [0.717, 1.165) is 29.6 Å². The van der Waals surface area contributed by atoms with E-state index < -0.39 is 7.12 Å². The summed E-state index contributed by atoms with van der Waals surface area (Å²) in [7, 11) is -0.847. The smallest absolute Gasteiger partial charge is 0.477 e. The Hall–Kier alpha value is -2.56. The molecule has 134 valence electrons. The Kier molecular flexibility index (Phi) is 6.10. The summed E-state index contributed by atoms with van der Waals surface area (Å²) in [5.74, 6) is 0.959. The molecule has 2 N–H and O–H groups in total. The van der Waals surface area contributed by atoms with Crippen LogP contribution in [0.25, 0.3) is 0 Å². The van der Waals surface area contributed by atoms with E-state index in [1.165, 1.54) is 12.8 Å². The van der Waals surface area contributed by atoms with Crippen LogP contribution in [0.4, 0.5) is 11.5 Å². The molecule has 2 heterocycles. The van der Waals surface area contributed by atoms with Gasteiger partial charge in [-0.2, -0.15) is 10.2 Å². The van der Waals surface area contributed by atoms with Crippen LogP contribution in [0, 0.1) is 11.3 Å². The van der Waals surface area contributed by atoms with Gasteiger partial charge >= 0.3 is 7.12 Å². The molecule has 0 atom stereocenters. The normalized spacial score (nSPS) is 12.6. The second-order valence-corrected chi connectivity index (χ2v) is 6.27. The molecule has 1 aliphatic heterocycles. The standard InChI is InChI=1S/C19H22BN3O3/c1-2-3-4-5-10-25-19-14(12-21)6-9-18(23-19)22-16-7-8-17-15(11-16)13-26-20(17)24/h6-9,11,24H,2-5,10,13H2,1H3,(H,22,23). The number of nitrogens with one attached hydrogen (secondary N) is 1. The summed E-state index contributed by atoms with van der Waals surface area (Å²) in [6, 6.07) is 11.2. The maximum absolute atomic E-state index is 9.69. The maximum atomic E-state index is 9.69. The number of benzene rings is 1. The minimum atomic E-state index is -0.847. The topological polar surface area (TPSA) is 87.4 Å². The fourth-order valence-electron chi connectivity index (χ4n) is 2.86. The van der Waals surface area contributed by atoms with E-state index in [9.17, 15) is 10.3 Å². The van der Waals surface area contributed by atoms with Crippen molar-refractivity contribution in [3.8, 4) is 11.9 Å². The molecule has 0 fully saturated rings. The van der Waals surface area contributed by atoms with Crippen molar-refractivity contribution in [2.75, 3.05) is 11.9 Å². The third-order valence-electron chi connectivity index (χ3n) is 4.30. The van der Waals surface area contributed by atoms with Crippen LogP contribution in [0.5, 0.6) is 5.88 Å². The fraction of sp³-hybridized carbons (Fsp3) is 0.368. The first-order valence-corrected chi connectivity index (χ1v) is 8.94. The highest BCUT2D eigenvalue weighted by molar-refractivity contribution is 6.61. The van der Waals surface area contributed by atoms with Gasteiger partial charge in [0, 0.05) is 5.69 Å². The van der Waals surface area contributed by atoms with Crippen molar-refractivity contribution < 1.29 is 14.4 Å². The first kappa shape index (κ1) is 18.2. The summed E-state index contributed by atoms with van der Waals surface area (Å²) in [4.78, 5) is 4.43. The summed E-state index contributed by atoms with van der Waals surface area (Å²) in [6.45, 7) is 3.11. The second-order valence-electron chi connectivity index (χ2n) is 6.27. The van der Waals surface area contributed by atoms with Gasteiger partial charge in [0.2, 0.25) is 5.88 Å². The number of unbranched alkanes of at least 4 members (excludes halogenated alkanes) is 3. The van der Waals surface area contributed by atoms with Crippen LogP contribution in [0.15, 0.2) is 30.3 Å². The molecule has 0 radical (unpaired) electrons. The lowest BCUT2D eigenvalue weighted by Gasteiger charge is -2.11. The van der Waals surface area contributed by atoms with Gasteiger partial charge in [-0.15, -0.1) is 0 Å². The van der Waals surface area contributed by atoms with Crippen LogP contribution in [0.3, 0.4) is 0 Å². The lowest BCUT2D eigenvalue weighted by atomic mass is 9.79. The van der Waals surface area contributed by atoms with Crippen LogP contribution in [0.2, 0.25) is 0 Å². The number of hydrogen-bond donors (Lipinski definition) is 2. The average molecular weight is 351 g/mol. The predicted octanol–water partition coefficient (Wildman–Crippen LogP) is 2.87. The number of nitriles is 1.